The largest absolute Gasteiger partial charge is 1.00 e. The maximum Gasteiger partial charge on any atom is -1.00 e. The SMILES string of the molecule is CC[n+]1cc(C(F)(F)F)ccc1[PH+](c1cc(C)cc(C)c1)c1cc(C)cc(C(F)(F)F)c1.FB(F)F.[Cl][Au].[F-]. The zero-order chi connectivity index (χ0) is 29.4. The molecule has 0 fully saturated rings. The van der Waals surface area contributed by atoms with Gasteiger partial charge in [-0.15, -0.1) is 0 Å². The molecule has 3 aromatic rings. The monoisotopic (exact) mass is 790 g/mol. The van der Waals surface area contributed by atoms with E-state index in [-0.39, 0.29) is 11.2 Å². The van der Waals surface area contributed by atoms with Crippen LogP contribution >= 0.6 is 17.1 Å². The molecule has 1 aromatic heterocycles. The van der Waals surface area contributed by atoms with E-state index < -0.39 is 38.9 Å². The first-order chi connectivity index (χ1) is 17.5. The molecule has 0 spiro atoms. The van der Waals surface area contributed by atoms with Crippen molar-refractivity contribution < 1.29 is 68.5 Å². The van der Waals surface area contributed by atoms with E-state index in [2.05, 4.69) is 9.19 Å². The quantitative estimate of drug-likeness (QED) is 0.163. The van der Waals surface area contributed by atoms with Crippen molar-refractivity contribution in [3.8, 4) is 0 Å². The van der Waals surface area contributed by atoms with E-state index in [1.165, 1.54) is 10.6 Å². The zero-order valence-corrected chi connectivity index (χ0v) is 24.8. The van der Waals surface area contributed by atoms with Gasteiger partial charge in [-0.2, -0.15) is 30.9 Å². The molecule has 15 heteroatoms. The molecule has 1 heterocycles. The summed E-state index contributed by atoms with van der Waals surface area (Å²) in [6.45, 7) is 7.38. The minimum absolute atomic E-state index is 0. The molecule has 0 aliphatic heterocycles. The molecule has 2 aromatic carbocycles. The van der Waals surface area contributed by atoms with Gasteiger partial charge in [0.2, 0.25) is 0 Å². The van der Waals surface area contributed by atoms with Gasteiger partial charge in [0, 0.05) is 6.07 Å². The number of hydrogen-bond acceptors (Lipinski definition) is 0. The summed E-state index contributed by atoms with van der Waals surface area (Å²) >= 11 is 1.75. The van der Waals surface area contributed by atoms with Gasteiger partial charge in [-0.05, 0) is 80.8 Å². The van der Waals surface area contributed by atoms with E-state index in [1.54, 1.807) is 39.9 Å². The van der Waals surface area contributed by atoms with Gasteiger partial charge in [0.15, 0.2) is 14.1 Å². The number of halogens is 11. The van der Waals surface area contributed by atoms with E-state index in [0.29, 0.717) is 16.3 Å². The summed E-state index contributed by atoms with van der Waals surface area (Å²) in [5, 5.41) is 1.31. The smallest absolute Gasteiger partial charge is 1.00 e. The molecule has 0 amide bonds. The van der Waals surface area contributed by atoms with Crippen molar-refractivity contribution in [2.75, 3.05) is 0 Å². The van der Waals surface area contributed by atoms with Crippen LogP contribution in [-0.2, 0) is 38.9 Å². The summed E-state index contributed by atoms with van der Waals surface area (Å²) in [7, 11) is -1.12. The number of aryl methyl sites for hydroxylation is 4. The topological polar surface area (TPSA) is 3.88 Å². The van der Waals surface area contributed by atoms with Crippen LogP contribution in [0, 0.1) is 20.8 Å². The molecule has 1 atom stereocenters. The van der Waals surface area contributed by atoms with Crippen molar-refractivity contribution >= 4 is 40.7 Å². The number of nitrogens with zero attached hydrogens (tertiary/aromatic N) is 1. The van der Waals surface area contributed by atoms with Gasteiger partial charge in [0.1, 0.15) is 22.7 Å². The van der Waals surface area contributed by atoms with E-state index in [1.807, 2.05) is 32.0 Å². The van der Waals surface area contributed by atoms with Gasteiger partial charge >= 0.3 is 54.5 Å². The molecule has 0 aliphatic carbocycles. The molecule has 220 valence electrons. The second-order valence-electron chi connectivity index (χ2n) is 8.17. The van der Waals surface area contributed by atoms with Crippen LogP contribution in [0.15, 0.2) is 54.7 Å². The molecule has 1 nitrogen and oxygen atoms in total. The number of hydrogen-bond donors (Lipinski definition) is 0. The van der Waals surface area contributed by atoms with Gasteiger partial charge in [-0.3, -0.25) is 12.9 Å². The number of benzene rings is 2. The molecule has 0 saturated heterocycles. The summed E-state index contributed by atoms with van der Waals surface area (Å²) in [5.74, 6) is 0. The van der Waals surface area contributed by atoms with Crippen LogP contribution in [0.4, 0.5) is 39.3 Å². The Morgan fingerprint density at radius 2 is 1.15 bits per heavy atom. The number of rotatable bonds is 4. The van der Waals surface area contributed by atoms with Gasteiger partial charge in [-0.1, -0.05) is 6.07 Å². The fourth-order valence-electron chi connectivity index (χ4n) is 3.87. The van der Waals surface area contributed by atoms with Crippen LogP contribution < -0.4 is 25.3 Å². The first-order valence-corrected chi connectivity index (χ1v) is 15.0. The van der Waals surface area contributed by atoms with E-state index in [4.69, 9.17) is 0 Å². The number of alkyl halides is 6. The number of pyridine rings is 1. The third kappa shape index (κ3) is 11.4. The molecule has 0 saturated carbocycles. The first-order valence-electron chi connectivity index (χ1n) is 10.8. The molecule has 0 N–H and O–H groups in total. The van der Waals surface area contributed by atoms with Crippen LogP contribution in [-0.4, -0.2) is 7.54 Å². The molecular formula is C24H24AuBClF10NP+. The standard InChI is InChI=1S/C24H23F6NP.Au.BF3.ClH.FH/c1-5-31-14-18(23(25,26)27)6-7-22(31)32(20-10-15(2)8-16(3)11-20)21-12-17(4)9-19(13-21)24(28,29)30;;2-1(3)4;;/h6-14H,5H2,1-4H3;;;2*1H/q2*+1;;;/p-1. The molecule has 1 unspecified atom stereocenters. The average Bonchev–Trinajstić information content (AvgIpc) is 2.78. The molecule has 3 rings (SSSR count). The Kier molecular flexibility index (Phi) is 15.4. The Balaban J connectivity index is 0.00000189. The Morgan fingerprint density at radius 3 is 1.56 bits per heavy atom. The summed E-state index contributed by atoms with van der Waals surface area (Å²) in [5.41, 5.74) is 1.40. The maximum atomic E-state index is 13.6. The predicted molar refractivity (Wildman–Crippen MR) is 132 cm³/mol. The molecule has 0 aliphatic rings. The fraction of sp³-hybridized carbons (Fsp3) is 0.292. The van der Waals surface area contributed by atoms with Crippen LogP contribution in [0.2, 0.25) is 0 Å². The molecule has 0 radical (unpaired) electrons. The summed E-state index contributed by atoms with van der Waals surface area (Å²) in [6.07, 6.45) is -7.98. The Morgan fingerprint density at radius 1 is 0.744 bits per heavy atom. The first kappa shape index (κ1) is 37.4. The summed E-state index contributed by atoms with van der Waals surface area (Å²) < 4.78 is 111. The van der Waals surface area contributed by atoms with Gasteiger partial charge in [0.25, 0.3) is 0 Å². The van der Waals surface area contributed by atoms with Crippen LogP contribution in [0.3, 0.4) is 0 Å². The second-order valence-corrected chi connectivity index (χ2v) is 10.6. The van der Waals surface area contributed by atoms with E-state index in [0.717, 1.165) is 40.8 Å². The van der Waals surface area contributed by atoms with E-state index in [9.17, 15) is 39.3 Å². The van der Waals surface area contributed by atoms with Crippen molar-refractivity contribution in [2.45, 2.75) is 46.6 Å². The van der Waals surface area contributed by atoms with Gasteiger partial charge < -0.3 is 4.70 Å². The van der Waals surface area contributed by atoms with Gasteiger partial charge in [-0.25, -0.2) is 0 Å². The van der Waals surface area contributed by atoms with Crippen LogP contribution in [0.1, 0.15) is 34.7 Å². The Hall–Kier alpha value is -1.58. The summed E-state index contributed by atoms with van der Waals surface area (Å²) in [6, 6.07) is 12.1. The van der Waals surface area contributed by atoms with Crippen LogP contribution in [0.25, 0.3) is 0 Å². The maximum absolute atomic E-state index is 13.6. The van der Waals surface area contributed by atoms with Crippen LogP contribution in [0.5, 0.6) is 0 Å². The van der Waals surface area contributed by atoms with Gasteiger partial charge in [0.05, 0.1) is 5.56 Å². The second kappa shape index (κ2) is 16.0. The van der Waals surface area contributed by atoms with Crippen molar-refractivity contribution in [1.29, 1.82) is 0 Å². The van der Waals surface area contributed by atoms with Crippen molar-refractivity contribution in [3.63, 3.8) is 0 Å². The molecule has 0 bridgehead atoms. The Bertz CT molecular complexity index is 1190. The minimum Gasteiger partial charge on any atom is -1.00 e. The van der Waals surface area contributed by atoms with Crippen molar-refractivity contribution in [2.24, 2.45) is 0 Å². The molecule has 39 heavy (non-hydrogen) atoms. The van der Waals surface area contributed by atoms with Crippen molar-refractivity contribution in [3.05, 3.63) is 82.5 Å². The zero-order valence-electron chi connectivity index (χ0n) is 20.9. The minimum atomic E-state index is -4.52. The molecular weight excluding hydrogens is 766 g/mol. The third-order valence-electron chi connectivity index (χ3n) is 5.15. The predicted octanol–water partition coefficient (Wildman–Crippen LogP) is 4.02. The van der Waals surface area contributed by atoms with E-state index >= 15 is 0 Å². The number of aromatic nitrogens is 1. The average molecular weight is 791 g/mol. The summed E-state index contributed by atoms with van der Waals surface area (Å²) in [4.78, 5) is 0. The van der Waals surface area contributed by atoms with Crippen molar-refractivity contribution in [1.82, 2.24) is 0 Å². The Labute approximate surface area is 237 Å². The fourth-order valence-corrected chi connectivity index (χ4v) is 6.97. The third-order valence-corrected chi connectivity index (χ3v) is 7.85. The normalized spacial score (nSPS) is 11.8.